The second-order valence-corrected chi connectivity index (χ2v) is 9.79. The van der Waals surface area contributed by atoms with Crippen LogP contribution in [0.3, 0.4) is 0 Å². The van der Waals surface area contributed by atoms with Crippen molar-refractivity contribution in [3.05, 3.63) is 86.9 Å². The van der Waals surface area contributed by atoms with Gasteiger partial charge in [0.25, 0.3) is 11.8 Å². The molecule has 0 atom stereocenters. The van der Waals surface area contributed by atoms with E-state index < -0.39 is 17.8 Å². The number of hydrogen-bond acceptors (Lipinski definition) is 6. The number of benzene rings is 3. The number of carbonyl (C=O) groups excluding carboxylic acids is 3. The van der Waals surface area contributed by atoms with Gasteiger partial charge in [-0.1, -0.05) is 29.3 Å². The van der Waals surface area contributed by atoms with Crippen LogP contribution in [0.25, 0.3) is 6.08 Å². The molecule has 0 radical (unpaired) electrons. The molecule has 1 aliphatic heterocycles. The summed E-state index contributed by atoms with van der Waals surface area (Å²) in [6, 6.07) is 15.3. The Bertz CT molecular complexity index is 1430. The topological polar surface area (TPSA) is 94.2 Å². The van der Waals surface area contributed by atoms with Crippen molar-refractivity contribution >= 4 is 45.5 Å². The summed E-state index contributed by atoms with van der Waals surface area (Å²) in [6.07, 6.45) is 1.42. The van der Waals surface area contributed by atoms with Crippen molar-refractivity contribution in [2.24, 2.45) is 0 Å². The Kier molecular flexibility index (Phi) is 8.71. The number of hydrogen-bond donors (Lipinski definition) is 1. The van der Waals surface area contributed by atoms with E-state index in [0.717, 1.165) is 21.6 Å². The van der Waals surface area contributed by atoms with Gasteiger partial charge < -0.3 is 14.2 Å². The first-order valence-electron chi connectivity index (χ1n) is 12.5. The minimum absolute atomic E-state index is 0.193. The highest BCUT2D eigenvalue weighted by Crippen LogP contribution is 2.38. The molecule has 3 aromatic rings. The Morgan fingerprint density at radius 2 is 1.54 bits per heavy atom. The van der Waals surface area contributed by atoms with Gasteiger partial charge in [-0.3, -0.25) is 14.9 Å². The van der Waals surface area contributed by atoms with Gasteiger partial charge in [0.2, 0.25) is 0 Å². The highest BCUT2D eigenvalue weighted by molar-refractivity contribution is 9.10. The van der Waals surface area contributed by atoms with Crippen LogP contribution in [-0.4, -0.2) is 31.1 Å². The van der Waals surface area contributed by atoms with E-state index in [1.54, 1.807) is 36.4 Å². The van der Waals surface area contributed by atoms with E-state index in [1.165, 1.54) is 6.08 Å². The fourth-order valence-corrected chi connectivity index (χ4v) is 4.87. The third kappa shape index (κ3) is 6.49. The average molecular weight is 593 g/mol. The molecule has 9 heteroatoms. The van der Waals surface area contributed by atoms with Gasteiger partial charge in [0.1, 0.15) is 17.9 Å². The van der Waals surface area contributed by atoms with Crippen molar-refractivity contribution in [1.82, 2.24) is 5.32 Å². The van der Waals surface area contributed by atoms with Crippen molar-refractivity contribution in [2.45, 2.75) is 34.3 Å². The molecular formula is C30H29BrN2O6. The van der Waals surface area contributed by atoms with E-state index in [9.17, 15) is 14.4 Å². The maximum absolute atomic E-state index is 13.3. The number of urea groups is 1. The predicted molar refractivity (Wildman–Crippen MR) is 152 cm³/mol. The first kappa shape index (κ1) is 27.9. The minimum Gasteiger partial charge on any atom is -0.494 e. The molecule has 1 N–H and O–H groups in total. The van der Waals surface area contributed by atoms with Gasteiger partial charge in [0.05, 0.1) is 23.4 Å². The summed E-state index contributed by atoms with van der Waals surface area (Å²) in [5.41, 5.74) is 3.95. The molecule has 1 heterocycles. The van der Waals surface area contributed by atoms with Crippen molar-refractivity contribution in [3.63, 3.8) is 0 Å². The summed E-state index contributed by atoms with van der Waals surface area (Å²) in [4.78, 5) is 39.5. The highest BCUT2D eigenvalue weighted by Gasteiger charge is 2.37. The summed E-state index contributed by atoms with van der Waals surface area (Å²) >= 11 is 3.55. The Hall–Kier alpha value is -4.11. The lowest BCUT2D eigenvalue weighted by molar-refractivity contribution is -0.122. The minimum atomic E-state index is -0.822. The normalized spacial score (nSPS) is 14.4. The predicted octanol–water partition coefficient (Wildman–Crippen LogP) is 6.11. The maximum Gasteiger partial charge on any atom is 0.335 e. The highest BCUT2D eigenvalue weighted by atomic mass is 79.9. The van der Waals surface area contributed by atoms with E-state index in [-0.39, 0.29) is 5.57 Å². The summed E-state index contributed by atoms with van der Waals surface area (Å²) < 4.78 is 18.0. The van der Waals surface area contributed by atoms with Crippen molar-refractivity contribution in [3.8, 4) is 17.2 Å². The van der Waals surface area contributed by atoms with Gasteiger partial charge >= 0.3 is 6.03 Å². The molecule has 4 rings (SSSR count). The van der Waals surface area contributed by atoms with Crippen molar-refractivity contribution in [1.29, 1.82) is 0 Å². The molecule has 202 valence electrons. The standard InChI is InChI=1S/C30H29BrN2O6/c1-5-37-23-9-7-22(8-10-23)33-29(35)24(28(34)32-30(33)36)14-20-15-25(31)27(26(16-20)38-6-2)39-17-21-12-18(3)11-19(4)13-21/h7-16H,5-6,17H2,1-4H3,(H,32,34,36)/b24-14+. The van der Waals surface area contributed by atoms with Crippen LogP contribution < -0.4 is 24.4 Å². The molecule has 0 bridgehead atoms. The Morgan fingerprint density at radius 1 is 0.872 bits per heavy atom. The molecular weight excluding hydrogens is 564 g/mol. The lowest BCUT2D eigenvalue weighted by Crippen LogP contribution is -2.54. The molecule has 0 spiro atoms. The fourth-order valence-electron chi connectivity index (χ4n) is 4.30. The zero-order valence-corrected chi connectivity index (χ0v) is 23.8. The Morgan fingerprint density at radius 3 is 2.18 bits per heavy atom. The Balaban J connectivity index is 1.63. The molecule has 0 unspecified atom stereocenters. The lowest BCUT2D eigenvalue weighted by Gasteiger charge is -2.26. The zero-order chi connectivity index (χ0) is 28.1. The number of carbonyl (C=O) groups is 3. The van der Waals surface area contributed by atoms with E-state index >= 15 is 0 Å². The number of amides is 4. The summed E-state index contributed by atoms with van der Waals surface area (Å²) in [6.45, 7) is 8.98. The van der Waals surface area contributed by atoms with Crippen LogP contribution in [0.2, 0.25) is 0 Å². The van der Waals surface area contributed by atoms with Gasteiger partial charge in [-0.15, -0.1) is 0 Å². The zero-order valence-electron chi connectivity index (χ0n) is 22.2. The maximum atomic E-state index is 13.3. The Labute approximate surface area is 235 Å². The van der Waals surface area contributed by atoms with Crippen LogP contribution in [-0.2, 0) is 16.2 Å². The van der Waals surface area contributed by atoms with Gasteiger partial charge in [-0.25, -0.2) is 9.69 Å². The number of barbiturate groups is 1. The van der Waals surface area contributed by atoms with Gasteiger partial charge in [0.15, 0.2) is 11.5 Å². The molecule has 0 aliphatic carbocycles. The average Bonchev–Trinajstić information content (AvgIpc) is 2.87. The number of aryl methyl sites for hydroxylation is 2. The third-order valence-corrected chi connectivity index (χ3v) is 6.40. The van der Waals surface area contributed by atoms with Crippen LogP contribution in [0.15, 0.2) is 64.6 Å². The molecule has 39 heavy (non-hydrogen) atoms. The smallest absolute Gasteiger partial charge is 0.335 e. The first-order valence-corrected chi connectivity index (χ1v) is 13.3. The van der Waals surface area contributed by atoms with E-state index in [2.05, 4.69) is 39.4 Å². The second-order valence-electron chi connectivity index (χ2n) is 8.93. The number of halogens is 1. The number of rotatable bonds is 9. The number of imide groups is 2. The summed E-state index contributed by atoms with van der Waals surface area (Å²) in [5, 5.41) is 2.24. The van der Waals surface area contributed by atoms with Crippen molar-refractivity contribution in [2.75, 3.05) is 18.1 Å². The van der Waals surface area contributed by atoms with E-state index in [4.69, 9.17) is 14.2 Å². The van der Waals surface area contributed by atoms with Crippen LogP contribution in [0, 0.1) is 13.8 Å². The second kappa shape index (κ2) is 12.2. The van der Waals surface area contributed by atoms with Gasteiger partial charge in [0, 0.05) is 0 Å². The number of ether oxygens (including phenoxy) is 3. The third-order valence-electron chi connectivity index (χ3n) is 5.81. The number of nitrogens with one attached hydrogen (secondary N) is 1. The number of anilines is 1. The van der Waals surface area contributed by atoms with Gasteiger partial charge in [-0.05, 0) is 97.2 Å². The molecule has 3 aromatic carbocycles. The SMILES string of the molecule is CCOc1ccc(N2C(=O)NC(=O)/C(=C\c3cc(Br)c(OCc4cc(C)cc(C)c4)c(OCC)c3)C2=O)cc1. The van der Waals surface area contributed by atoms with Crippen molar-refractivity contribution < 1.29 is 28.6 Å². The molecule has 0 saturated carbocycles. The molecule has 1 aliphatic rings. The van der Waals surface area contributed by atoms with Crippen LogP contribution >= 0.6 is 15.9 Å². The van der Waals surface area contributed by atoms with Gasteiger partial charge in [-0.2, -0.15) is 0 Å². The monoisotopic (exact) mass is 592 g/mol. The molecule has 8 nitrogen and oxygen atoms in total. The van der Waals surface area contributed by atoms with Crippen LogP contribution in [0.5, 0.6) is 17.2 Å². The fraction of sp³-hybridized carbons (Fsp3) is 0.233. The lowest BCUT2D eigenvalue weighted by atomic mass is 10.1. The largest absolute Gasteiger partial charge is 0.494 e. The molecule has 1 saturated heterocycles. The van der Waals surface area contributed by atoms with Crippen LogP contribution in [0.4, 0.5) is 10.5 Å². The summed E-state index contributed by atoms with van der Waals surface area (Å²) in [7, 11) is 0. The quantitative estimate of drug-likeness (QED) is 0.238. The number of nitrogens with zero attached hydrogens (tertiary/aromatic N) is 1. The van der Waals surface area contributed by atoms with E-state index in [0.29, 0.717) is 52.8 Å². The molecule has 0 aromatic heterocycles. The molecule has 1 fully saturated rings. The van der Waals surface area contributed by atoms with E-state index in [1.807, 2.05) is 27.7 Å². The summed E-state index contributed by atoms with van der Waals surface area (Å²) in [5.74, 6) is 0.0367. The molecule has 4 amide bonds. The first-order chi connectivity index (χ1) is 18.7. The van der Waals surface area contributed by atoms with Crippen LogP contribution in [0.1, 0.15) is 36.1 Å².